The van der Waals surface area contributed by atoms with E-state index in [4.69, 9.17) is 36.0 Å². The number of halogens is 2. The summed E-state index contributed by atoms with van der Waals surface area (Å²) in [6.07, 6.45) is -0.848. The van der Waals surface area contributed by atoms with E-state index in [1.54, 1.807) is 14.2 Å². The topological polar surface area (TPSA) is 195 Å². The van der Waals surface area contributed by atoms with Crippen LogP contribution in [0.2, 0.25) is 0 Å². The summed E-state index contributed by atoms with van der Waals surface area (Å²) in [5, 5.41) is 13.3. The van der Waals surface area contributed by atoms with Crippen LogP contribution in [-0.4, -0.2) is 77.5 Å². The molecular formula is C16H26F2N6O8S. The standard InChI is InChI=1S/2C8H12FN3O2.H2O4S/c2*1-13-4-7-11-8(14-12-7)6-2-5(9)3-10-6;1-5(2,3)4/h2*5-6,10H,2-4H2,1H3;(H2,1,2,3,4). The number of aromatic nitrogens is 4. The fraction of sp³-hybridized carbons (Fsp3) is 0.750. The molecular weight excluding hydrogens is 474 g/mol. The molecule has 0 aliphatic carbocycles. The fourth-order valence-electron chi connectivity index (χ4n) is 2.95. The zero-order chi connectivity index (χ0) is 24.4. The number of nitrogens with one attached hydrogen (secondary N) is 2. The SMILES string of the molecule is COCc1noc(C2CC(F)CN2)n1.COCc1noc(C2CC(F)CN2)n1.O=S(=O)(O)O. The molecule has 33 heavy (non-hydrogen) atoms. The molecule has 14 nitrogen and oxygen atoms in total. The molecule has 2 aliphatic heterocycles. The predicted molar refractivity (Wildman–Crippen MR) is 105 cm³/mol. The number of alkyl halides is 2. The summed E-state index contributed by atoms with van der Waals surface area (Å²) in [4.78, 5) is 8.17. The lowest BCUT2D eigenvalue weighted by Crippen LogP contribution is -2.14. The van der Waals surface area contributed by atoms with Crippen LogP contribution in [0.1, 0.15) is 48.4 Å². The maximum Gasteiger partial charge on any atom is 0.394 e. The van der Waals surface area contributed by atoms with Gasteiger partial charge in [-0.25, -0.2) is 8.78 Å². The summed E-state index contributed by atoms with van der Waals surface area (Å²) in [7, 11) is -1.55. The molecule has 0 bridgehead atoms. The number of rotatable bonds is 6. The van der Waals surface area contributed by atoms with Gasteiger partial charge in [-0.15, -0.1) is 0 Å². The Morgan fingerprint density at radius 2 is 1.27 bits per heavy atom. The van der Waals surface area contributed by atoms with E-state index in [2.05, 4.69) is 30.9 Å². The average Bonchev–Trinajstić information content (AvgIpc) is 3.49. The van der Waals surface area contributed by atoms with Crippen molar-refractivity contribution in [1.82, 2.24) is 30.9 Å². The Morgan fingerprint density at radius 3 is 1.55 bits per heavy atom. The van der Waals surface area contributed by atoms with E-state index in [-0.39, 0.29) is 12.1 Å². The van der Waals surface area contributed by atoms with Gasteiger partial charge in [0.05, 0.1) is 12.1 Å². The lowest BCUT2D eigenvalue weighted by atomic mass is 10.2. The van der Waals surface area contributed by atoms with Gasteiger partial charge in [-0.2, -0.15) is 18.4 Å². The van der Waals surface area contributed by atoms with E-state index >= 15 is 0 Å². The molecule has 2 fully saturated rings. The molecule has 17 heteroatoms. The van der Waals surface area contributed by atoms with Crippen molar-refractivity contribution in [2.75, 3.05) is 27.3 Å². The second-order valence-corrected chi connectivity index (χ2v) is 7.89. The first kappa shape index (κ1) is 27.1. The van der Waals surface area contributed by atoms with Crippen LogP contribution in [0.3, 0.4) is 0 Å². The Balaban J connectivity index is 0.000000195. The van der Waals surface area contributed by atoms with Crippen LogP contribution in [0.25, 0.3) is 0 Å². The normalized spacial score (nSPS) is 24.7. The van der Waals surface area contributed by atoms with Gasteiger partial charge >= 0.3 is 10.4 Å². The lowest BCUT2D eigenvalue weighted by molar-refractivity contribution is 0.174. The smallest absolute Gasteiger partial charge is 0.377 e. The third-order valence-corrected chi connectivity index (χ3v) is 4.27. The zero-order valence-corrected chi connectivity index (χ0v) is 18.7. The molecule has 4 atom stereocenters. The van der Waals surface area contributed by atoms with Crippen LogP contribution in [0.5, 0.6) is 0 Å². The third-order valence-electron chi connectivity index (χ3n) is 4.27. The highest BCUT2D eigenvalue weighted by Gasteiger charge is 2.30. The monoisotopic (exact) mass is 500 g/mol. The predicted octanol–water partition coefficient (Wildman–Crippen LogP) is 0.524. The van der Waals surface area contributed by atoms with Gasteiger partial charge < -0.3 is 29.2 Å². The number of ether oxygens (including phenoxy) is 2. The summed E-state index contributed by atoms with van der Waals surface area (Å²) < 4.78 is 76.9. The zero-order valence-electron chi connectivity index (χ0n) is 17.8. The minimum Gasteiger partial charge on any atom is -0.377 e. The molecule has 0 amide bonds. The van der Waals surface area contributed by atoms with Gasteiger partial charge in [0.1, 0.15) is 25.6 Å². The molecule has 4 rings (SSSR count). The van der Waals surface area contributed by atoms with Gasteiger partial charge in [0.15, 0.2) is 11.6 Å². The molecule has 4 heterocycles. The van der Waals surface area contributed by atoms with Crippen molar-refractivity contribution in [1.29, 1.82) is 0 Å². The largest absolute Gasteiger partial charge is 0.394 e. The molecule has 4 N–H and O–H groups in total. The Bertz CT molecular complexity index is 877. The van der Waals surface area contributed by atoms with Crippen LogP contribution in [0.15, 0.2) is 9.05 Å². The van der Waals surface area contributed by atoms with Gasteiger partial charge in [0, 0.05) is 40.2 Å². The quantitative estimate of drug-likeness (QED) is 0.401. The second-order valence-electron chi connectivity index (χ2n) is 7.00. The van der Waals surface area contributed by atoms with Crippen molar-refractivity contribution in [3.63, 3.8) is 0 Å². The lowest BCUT2D eigenvalue weighted by Gasteiger charge is -2.00. The van der Waals surface area contributed by atoms with E-state index in [0.717, 1.165) is 0 Å². The van der Waals surface area contributed by atoms with Crippen LogP contribution >= 0.6 is 0 Å². The Hall–Kier alpha value is -2.15. The van der Waals surface area contributed by atoms with E-state index in [9.17, 15) is 8.78 Å². The minimum atomic E-state index is -4.67. The van der Waals surface area contributed by atoms with E-state index in [0.29, 0.717) is 62.6 Å². The van der Waals surface area contributed by atoms with Gasteiger partial charge in [-0.3, -0.25) is 9.11 Å². The average molecular weight is 500 g/mol. The molecule has 4 unspecified atom stereocenters. The van der Waals surface area contributed by atoms with Crippen molar-refractivity contribution in [3.8, 4) is 0 Å². The Kier molecular flexibility index (Phi) is 10.6. The van der Waals surface area contributed by atoms with Crippen molar-refractivity contribution in [2.24, 2.45) is 0 Å². The van der Waals surface area contributed by atoms with Crippen molar-refractivity contribution in [2.45, 2.75) is 50.5 Å². The van der Waals surface area contributed by atoms with Crippen LogP contribution in [0.4, 0.5) is 8.78 Å². The second kappa shape index (κ2) is 12.9. The molecule has 2 aliphatic rings. The molecule has 0 aromatic carbocycles. The minimum absolute atomic E-state index is 0.150. The van der Waals surface area contributed by atoms with Crippen LogP contribution < -0.4 is 10.6 Å². The van der Waals surface area contributed by atoms with Gasteiger partial charge in [-0.1, -0.05) is 10.3 Å². The van der Waals surface area contributed by atoms with E-state index in [1.165, 1.54) is 0 Å². The molecule has 0 saturated carbocycles. The molecule has 188 valence electrons. The number of hydrogen-bond donors (Lipinski definition) is 4. The van der Waals surface area contributed by atoms with Crippen LogP contribution in [-0.2, 0) is 33.1 Å². The molecule has 0 spiro atoms. The molecule has 2 aromatic rings. The van der Waals surface area contributed by atoms with Gasteiger partial charge in [-0.05, 0) is 0 Å². The van der Waals surface area contributed by atoms with Gasteiger partial charge in [0.2, 0.25) is 11.8 Å². The van der Waals surface area contributed by atoms with Crippen molar-refractivity contribution in [3.05, 3.63) is 23.4 Å². The highest BCUT2D eigenvalue weighted by molar-refractivity contribution is 7.79. The fourth-order valence-corrected chi connectivity index (χ4v) is 2.95. The van der Waals surface area contributed by atoms with Crippen molar-refractivity contribution < 1.29 is 44.8 Å². The molecule has 0 radical (unpaired) electrons. The maximum absolute atomic E-state index is 12.8. The molecule has 2 saturated heterocycles. The Labute approximate surface area is 188 Å². The van der Waals surface area contributed by atoms with Crippen molar-refractivity contribution >= 4 is 10.4 Å². The molecule has 2 aromatic heterocycles. The number of methoxy groups -OCH3 is 2. The van der Waals surface area contributed by atoms with E-state index < -0.39 is 22.7 Å². The maximum atomic E-state index is 12.8. The van der Waals surface area contributed by atoms with E-state index in [1.807, 2.05) is 0 Å². The summed E-state index contributed by atoms with van der Waals surface area (Å²) in [6.45, 7) is 1.34. The highest BCUT2D eigenvalue weighted by atomic mass is 32.3. The Morgan fingerprint density at radius 1 is 0.909 bits per heavy atom. The summed E-state index contributed by atoms with van der Waals surface area (Å²) >= 11 is 0. The summed E-state index contributed by atoms with van der Waals surface area (Å²) in [6, 6.07) is -0.300. The van der Waals surface area contributed by atoms with Crippen LogP contribution in [0, 0.1) is 0 Å². The summed E-state index contributed by atoms with van der Waals surface area (Å²) in [5.74, 6) is 1.87. The third kappa shape index (κ3) is 10.1. The van der Waals surface area contributed by atoms with Gasteiger partial charge in [0.25, 0.3) is 0 Å². The number of nitrogens with zero attached hydrogens (tertiary/aromatic N) is 4. The summed E-state index contributed by atoms with van der Waals surface area (Å²) in [5.41, 5.74) is 0. The highest BCUT2D eigenvalue weighted by Crippen LogP contribution is 2.24. The first-order valence-corrected chi connectivity index (χ1v) is 11.1. The first-order valence-electron chi connectivity index (χ1n) is 9.66. The number of hydrogen-bond acceptors (Lipinski definition) is 12. The first-order chi connectivity index (χ1) is 15.6.